The monoisotopic (exact) mass is 184 g/mol. The van der Waals surface area contributed by atoms with Gasteiger partial charge in [-0.2, -0.15) is 0 Å². The molecule has 0 bridgehead atoms. The summed E-state index contributed by atoms with van der Waals surface area (Å²) in [4.78, 5) is 0. The highest BCUT2D eigenvalue weighted by atomic mass is 19.1. The van der Waals surface area contributed by atoms with E-state index in [1.54, 1.807) is 31.2 Å². The first-order chi connectivity index (χ1) is 6.24. The zero-order valence-corrected chi connectivity index (χ0v) is 7.53. The summed E-state index contributed by atoms with van der Waals surface area (Å²) in [6.45, 7) is 1.23. The molecule has 0 saturated heterocycles. The van der Waals surface area contributed by atoms with Crippen LogP contribution in [0, 0.1) is 0 Å². The molecular weight excluding hydrogens is 171 g/mol. The summed E-state index contributed by atoms with van der Waals surface area (Å²) in [6.07, 6.45) is -0.520. The van der Waals surface area contributed by atoms with E-state index in [0.29, 0.717) is 5.75 Å². The molecule has 0 saturated carbocycles. The average molecular weight is 184 g/mol. The van der Waals surface area contributed by atoms with Crippen LogP contribution in [0.4, 0.5) is 4.39 Å². The number of benzene rings is 1. The van der Waals surface area contributed by atoms with Crippen LogP contribution < -0.4 is 4.74 Å². The van der Waals surface area contributed by atoms with E-state index in [9.17, 15) is 9.50 Å². The maximum absolute atomic E-state index is 11.8. The topological polar surface area (TPSA) is 29.5 Å². The van der Waals surface area contributed by atoms with Crippen molar-refractivity contribution in [1.82, 2.24) is 0 Å². The molecule has 0 spiro atoms. The summed E-state index contributed by atoms with van der Waals surface area (Å²) in [7, 11) is 0. The first-order valence-corrected chi connectivity index (χ1v) is 4.21. The van der Waals surface area contributed by atoms with Crippen LogP contribution in [0.25, 0.3) is 0 Å². The van der Waals surface area contributed by atoms with Crippen molar-refractivity contribution in [2.24, 2.45) is 0 Å². The molecule has 0 aliphatic heterocycles. The van der Waals surface area contributed by atoms with Gasteiger partial charge in [0.15, 0.2) is 0 Å². The Kier molecular flexibility index (Phi) is 3.71. The van der Waals surface area contributed by atoms with Gasteiger partial charge in [-0.3, -0.25) is 0 Å². The molecule has 3 heteroatoms. The number of rotatable bonds is 4. The van der Waals surface area contributed by atoms with Crippen LogP contribution in [0.15, 0.2) is 24.3 Å². The molecular formula is C10H13FO2. The largest absolute Gasteiger partial charge is 0.491 e. The normalized spacial score (nSPS) is 12.5. The van der Waals surface area contributed by atoms with E-state index in [1.165, 1.54) is 0 Å². The van der Waals surface area contributed by atoms with E-state index in [-0.39, 0.29) is 6.61 Å². The number of ether oxygens (including phenoxy) is 1. The van der Waals surface area contributed by atoms with Gasteiger partial charge >= 0.3 is 0 Å². The Balaban J connectivity index is 2.68. The molecule has 0 aliphatic rings. The maximum Gasteiger partial charge on any atom is 0.123 e. The van der Waals surface area contributed by atoms with Gasteiger partial charge in [-0.05, 0) is 24.6 Å². The molecule has 1 N–H and O–H groups in total. The Labute approximate surface area is 77.0 Å². The van der Waals surface area contributed by atoms with Gasteiger partial charge in [0, 0.05) is 0 Å². The second-order valence-electron chi connectivity index (χ2n) is 2.79. The highest BCUT2D eigenvalue weighted by Gasteiger charge is 2.01. The van der Waals surface area contributed by atoms with Gasteiger partial charge in [0.1, 0.15) is 19.0 Å². The lowest BCUT2D eigenvalue weighted by atomic mass is 10.1. The third kappa shape index (κ3) is 3.03. The van der Waals surface area contributed by atoms with Gasteiger partial charge in [0.05, 0.1) is 6.10 Å². The smallest absolute Gasteiger partial charge is 0.123 e. The Morgan fingerprint density at radius 2 is 2.31 bits per heavy atom. The third-order valence-corrected chi connectivity index (χ3v) is 1.69. The molecule has 0 unspecified atom stereocenters. The van der Waals surface area contributed by atoms with E-state index in [4.69, 9.17) is 4.74 Å². The van der Waals surface area contributed by atoms with Gasteiger partial charge in [-0.25, -0.2) is 4.39 Å². The molecule has 0 heterocycles. The Bertz CT molecular complexity index is 261. The molecule has 0 aromatic heterocycles. The van der Waals surface area contributed by atoms with Crippen LogP contribution in [-0.4, -0.2) is 18.4 Å². The zero-order chi connectivity index (χ0) is 9.68. The van der Waals surface area contributed by atoms with Crippen molar-refractivity contribution in [3.05, 3.63) is 29.8 Å². The van der Waals surface area contributed by atoms with E-state index < -0.39 is 12.8 Å². The number of hydrogen-bond acceptors (Lipinski definition) is 2. The molecule has 0 radical (unpaired) electrons. The molecule has 0 fully saturated rings. The van der Waals surface area contributed by atoms with Crippen molar-refractivity contribution in [2.75, 3.05) is 13.3 Å². The van der Waals surface area contributed by atoms with Crippen molar-refractivity contribution < 1.29 is 14.2 Å². The fourth-order valence-electron chi connectivity index (χ4n) is 1.02. The summed E-state index contributed by atoms with van der Waals surface area (Å²) >= 11 is 0. The summed E-state index contributed by atoms with van der Waals surface area (Å²) in [5, 5.41) is 9.24. The number of aliphatic hydroxyl groups is 1. The zero-order valence-electron chi connectivity index (χ0n) is 7.53. The van der Waals surface area contributed by atoms with Gasteiger partial charge in [0.25, 0.3) is 0 Å². The first-order valence-electron chi connectivity index (χ1n) is 4.21. The average Bonchev–Trinajstić information content (AvgIpc) is 2.15. The van der Waals surface area contributed by atoms with Crippen molar-refractivity contribution in [1.29, 1.82) is 0 Å². The number of halogens is 1. The molecule has 2 nitrogen and oxygen atoms in total. The van der Waals surface area contributed by atoms with Crippen LogP contribution in [0.2, 0.25) is 0 Å². The minimum atomic E-state index is -0.520. The molecule has 1 rings (SSSR count). The maximum atomic E-state index is 11.8. The lowest BCUT2D eigenvalue weighted by Crippen LogP contribution is -1.99. The summed E-state index contributed by atoms with van der Waals surface area (Å²) in [6, 6.07) is 7.02. The Hall–Kier alpha value is -1.09. The molecule has 13 heavy (non-hydrogen) atoms. The predicted octanol–water partition coefficient (Wildman–Crippen LogP) is 2.09. The molecule has 1 aromatic carbocycles. The summed E-state index contributed by atoms with van der Waals surface area (Å²) in [5.41, 5.74) is 0.774. The van der Waals surface area contributed by atoms with Crippen LogP contribution >= 0.6 is 0 Å². The predicted molar refractivity (Wildman–Crippen MR) is 48.5 cm³/mol. The molecule has 0 aliphatic carbocycles. The van der Waals surface area contributed by atoms with E-state index in [1.807, 2.05) is 0 Å². The minimum absolute atomic E-state index is 0.0588. The molecule has 1 atom stereocenters. The Morgan fingerprint density at radius 1 is 1.54 bits per heavy atom. The van der Waals surface area contributed by atoms with Crippen LogP contribution in [0.5, 0.6) is 5.75 Å². The van der Waals surface area contributed by atoms with Crippen LogP contribution in [-0.2, 0) is 0 Å². The Morgan fingerprint density at radius 3 is 2.92 bits per heavy atom. The van der Waals surface area contributed by atoms with Crippen LogP contribution in [0.1, 0.15) is 18.6 Å². The standard InChI is InChI=1S/C10H13FO2/c1-8(12)9-3-2-4-10(7-9)13-6-5-11/h2-4,7-8,12H,5-6H2,1H3/t8-/m1/s1. The number of aliphatic hydroxyl groups excluding tert-OH is 1. The van der Waals surface area contributed by atoms with Gasteiger partial charge in [-0.1, -0.05) is 12.1 Å². The van der Waals surface area contributed by atoms with Gasteiger partial charge in [0.2, 0.25) is 0 Å². The van der Waals surface area contributed by atoms with Crippen molar-refractivity contribution >= 4 is 0 Å². The molecule has 72 valence electrons. The fraction of sp³-hybridized carbons (Fsp3) is 0.400. The van der Waals surface area contributed by atoms with Gasteiger partial charge in [-0.15, -0.1) is 0 Å². The fourth-order valence-corrected chi connectivity index (χ4v) is 1.02. The number of hydrogen-bond donors (Lipinski definition) is 1. The molecule has 1 aromatic rings. The third-order valence-electron chi connectivity index (χ3n) is 1.69. The summed E-state index contributed by atoms with van der Waals surface area (Å²) < 4.78 is 16.8. The second-order valence-corrected chi connectivity index (χ2v) is 2.79. The minimum Gasteiger partial charge on any atom is -0.491 e. The van der Waals surface area contributed by atoms with E-state index in [0.717, 1.165) is 5.56 Å². The highest BCUT2D eigenvalue weighted by molar-refractivity contribution is 5.29. The lowest BCUT2D eigenvalue weighted by molar-refractivity contribution is 0.198. The van der Waals surface area contributed by atoms with Crippen LogP contribution in [0.3, 0.4) is 0 Å². The summed E-state index contributed by atoms with van der Waals surface area (Å²) in [5.74, 6) is 0.594. The first kappa shape index (κ1) is 9.99. The van der Waals surface area contributed by atoms with Crippen molar-refractivity contribution in [2.45, 2.75) is 13.0 Å². The van der Waals surface area contributed by atoms with Gasteiger partial charge < -0.3 is 9.84 Å². The van der Waals surface area contributed by atoms with Crippen molar-refractivity contribution in [3.8, 4) is 5.75 Å². The second kappa shape index (κ2) is 4.82. The van der Waals surface area contributed by atoms with Crippen molar-refractivity contribution in [3.63, 3.8) is 0 Å². The lowest BCUT2D eigenvalue weighted by Gasteiger charge is -2.07. The molecule has 0 amide bonds. The van der Waals surface area contributed by atoms with E-state index in [2.05, 4.69) is 0 Å². The quantitative estimate of drug-likeness (QED) is 0.776. The number of alkyl halides is 1. The SMILES string of the molecule is C[C@@H](O)c1cccc(OCCF)c1. The van der Waals surface area contributed by atoms with E-state index >= 15 is 0 Å². The highest BCUT2D eigenvalue weighted by Crippen LogP contribution is 2.18.